The number of amidine groups is 1. The van der Waals surface area contributed by atoms with Gasteiger partial charge in [0.15, 0.2) is 0 Å². The van der Waals surface area contributed by atoms with Crippen molar-refractivity contribution in [2.75, 3.05) is 32.4 Å². The zero-order valence-corrected chi connectivity index (χ0v) is 13.9. The first kappa shape index (κ1) is 16.7. The highest BCUT2D eigenvalue weighted by molar-refractivity contribution is 7.90. The average molecular weight is 326 g/mol. The summed E-state index contributed by atoms with van der Waals surface area (Å²) in [6.07, 6.45) is 4.82. The van der Waals surface area contributed by atoms with Gasteiger partial charge in [0.1, 0.15) is 5.84 Å². The van der Waals surface area contributed by atoms with Crippen LogP contribution in [0.4, 0.5) is 0 Å². The number of hydrogen-bond acceptors (Lipinski definition) is 5. The third-order valence-electron chi connectivity index (χ3n) is 3.64. The molecule has 0 bridgehead atoms. The molecule has 0 atom stereocenters. The van der Waals surface area contributed by atoms with E-state index in [1.807, 2.05) is 13.8 Å². The van der Waals surface area contributed by atoms with Crippen molar-refractivity contribution in [1.29, 1.82) is 0 Å². The maximum absolute atomic E-state index is 12.5. The molecule has 7 nitrogen and oxygen atoms in total. The van der Waals surface area contributed by atoms with Crippen LogP contribution >= 0.6 is 0 Å². The van der Waals surface area contributed by atoms with Crippen molar-refractivity contribution in [1.82, 2.24) is 9.80 Å². The third-order valence-corrected chi connectivity index (χ3v) is 4.80. The molecule has 0 unspecified atom stereocenters. The second-order valence-electron chi connectivity index (χ2n) is 6.38. The average Bonchev–Trinajstić information content (AvgIpc) is 2.44. The predicted molar refractivity (Wildman–Crippen MR) is 85.6 cm³/mol. The van der Waals surface area contributed by atoms with Gasteiger partial charge in [-0.3, -0.25) is 4.79 Å². The minimum Gasteiger partial charge on any atom is -0.341 e. The first-order valence-electron chi connectivity index (χ1n) is 7.08. The predicted octanol–water partition coefficient (Wildman–Crippen LogP) is -0.0727. The second-order valence-corrected chi connectivity index (χ2v) is 8.13. The van der Waals surface area contributed by atoms with Crippen molar-refractivity contribution in [2.24, 2.45) is 15.5 Å². The number of nitrogens with two attached hydrogens (primary N) is 1. The molecular formula is C14H22N4O3S. The Kier molecular flexibility index (Phi) is 4.44. The number of carbonyl (C=O) groups excluding carboxylic acids is 1. The van der Waals surface area contributed by atoms with E-state index in [1.165, 1.54) is 0 Å². The third kappa shape index (κ3) is 3.75. The highest BCUT2D eigenvalue weighted by atomic mass is 32.2. The summed E-state index contributed by atoms with van der Waals surface area (Å²) in [4.78, 5) is 15.8. The smallest absolute Gasteiger partial charge is 0.256 e. The van der Waals surface area contributed by atoms with Crippen LogP contribution in [-0.2, 0) is 14.8 Å². The molecular weight excluding hydrogens is 304 g/mol. The van der Waals surface area contributed by atoms with Gasteiger partial charge in [-0.1, -0.05) is 13.8 Å². The highest BCUT2D eigenvalue weighted by Gasteiger charge is 2.27. The van der Waals surface area contributed by atoms with Gasteiger partial charge in [0, 0.05) is 26.3 Å². The van der Waals surface area contributed by atoms with Crippen LogP contribution in [0.1, 0.15) is 13.8 Å². The first-order chi connectivity index (χ1) is 10.1. The number of nitrogens with zero attached hydrogens (tertiary/aromatic N) is 3. The van der Waals surface area contributed by atoms with Gasteiger partial charge in [0.05, 0.1) is 11.3 Å². The molecule has 0 saturated carbocycles. The minimum absolute atomic E-state index is 0.0433. The molecule has 0 aromatic rings. The lowest BCUT2D eigenvalue weighted by Crippen LogP contribution is -2.42. The molecule has 1 amide bonds. The molecule has 0 spiro atoms. The molecule has 0 aliphatic carbocycles. The number of amides is 1. The molecule has 8 heteroatoms. The van der Waals surface area contributed by atoms with E-state index >= 15 is 0 Å². The van der Waals surface area contributed by atoms with E-state index in [-0.39, 0.29) is 17.1 Å². The molecule has 0 aromatic carbocycles. The Morgan fingerprint density at radius 3 is 2.77 bits per heavy atom. The van der Waals surface area contributed by atoms with Gasteiger partial charge in [-0.2, -0.15) is 0 Å². The van der Waals surface area contributed by atoms with E-state index in [1.54, 1.807) is 35.2 Å². The lowest BCUT2D eigenvalue weighted by Gasteiger charge is -2.31. The van der Waals surface area contributed by atoms with Crippen LogP contribution < -0.4 is 5.73 Å². The maximum atomic E-state index is 12.5. The Morgan fingerprint density at radius 2 is 2.14 bits per heavy atom. The number of likely N-dealkylation sites (N-methyl/N-ethyl adjacent to an activating group) is 1. The quantitative estimate of drug-likeness (QED) is 0.780. The molecule has 122 valence electrons. The van der Waals surface area contributed by atoms with Gasteiger partial charge in [-0.25, -0.2) is 8.42 Å². The minimum atomic E-state index is -3.38. The molecule has 2 aliphatic heterocycles. The number of sulfonamides is 1. The van der Waals surface area contributed by atoms with E-state index in [4.69, 9.17) is 5.73 Å². The van der Waals surface area contributed by atoms with Gasteiger partial charge in [0.25, 0.3) is 15.9 Å². The van der Waals surface area contributed by atoms with Crippen LogP contribution in [0.15, 0.2) is 28.3 Å². The van der Waals surface area contributed by atoms with E-state index < -0.39 is 10.0 Å². The van der Waals surface area contributed by atoms with Crippen LogP contribution in [-0.4, -0.2) is 62.4 Å². The van der Waals surface area contributed by atoms with E-state index in [2.05, 4.69) is 4.40 Å². The van der Waals surface area contributed by atoms with E-state index in [0.29, 0.717) is 31.0 Å². The summed E-state index contributed by atoms with van der Waals surface area (Å²) in [6, 6.07) is 0. The number of fused-ring (bicyclic) bond motifs is 1. The second kappa shape index (κ2) is 5.85. The largest absolute Gasteiger partial charge is 0.341 e. The summed E-state index contributed by atoms with van der Waals surface area (Å²) in [5.41, 5.74) is 6.05. The lowest BCUT2D eigenvalue weighted by molar-refractivity contribution is -0.126. The topological polar surface area (TPSA) is 96.1 Å². The highest BCUT2D eigenvalue weighted by Crippen LogP contribution is 2.19. The van der Waals surface area contributed by atoms with Gasteiger partial charge in [-0.05, 0) is 24.1 Å². The Labute approximate surface area is 131 Å². The molecule has 22 heavy (non-hydrogen) atoms. The van der Waals surface area contributed by atoms with Crippen molar-refractivity contribution in [3.63, 3.8) is 0 Å². The molecule has 2 N–H and O–H groups in total. The normalized spacial score (nSPS) is 20.1. The monoisotopic (exact) mass is 326 g/mol. The van der Waals surface area contributed by atoms with E-state index in [9.17, 15) is 13.2 Å². The molecule has 0 radical (unpaired) electrons. The zero-order chi connectivity index (χ0) is 16.5. The molecule has 0 fully saturated rings. The Morgan fingerprint density at radius 1 is 1.45 bits per heavy atom. The Bertz CT molecular complexity index is 662. The van der Waals surface area contributed by atoms with Crippen molar-refractivity contribution >= 4 is 21.8 Å². The molecule has 0 saturated heterocycles. The lowest BCUT2D eigenvalue weighted by atomic mass is 9.93. The Balaban J connectivity index is 2.14. The molecule has 2 heterocycles. The van der Waals surface area contributed by atoms with E-state index in [0.717, 1.165) is 0 Å². The van der Waals surface area contributed by atoms with Crippen LogP contribution in [0.25, 0.3) is 0 Å². The summed E-state index contributed by atoms with van der Waals surface area (Å²) in [7, 11) is -1.64. The summed E-state index contributed by atoms with van der Waals surface area (Å²) in [5.74, 6) is 0.191. The van der Waals surface area contributed by atoms with Crippen molar-refractivity contribution in [3.8, 4) is 0 Å². The molecule has 2 rings (SSSR count). The number of rotatable bonds is 4. The fraction of sp³-hybridized carbons (Fsp3) is 0.571. The first-order valence-corrected chi connectivity index (χ1v) is 8.69. The zero-order valence-electron chi connectivity index (χ0n) is 13.1. The number of carbonyl (C=O) groups is 1. The standard InChI is InChI=1S/C14H22N4O3S/c1-14(2,9-15)10-17(3)13(19)11-4-5-12-16-22(20,21)7-6-18(12)8-11/h4-5,8H,6-7,9-10,15H2,1-3H3. The Hall–Kier alpha value is -1.67. The summed E-state index contributed by atoms with van der Waals surface area (Å²) in [5, 5.41) is 0. The van der Waals surface area contributed by atoms with Gasteiger partial charge >= 0.3 is 0 Å². The fourth-order valence-electron chi connectivity index (χ4n) is 2.33. The van der Waals surface area contributed by atoms with Crippen LogP contribution in [0.3, 0.4) is 0 Å². The molecule has 0 aromatic heterocycles. The van der Waals surface area contributed by atoms with Crippen molar-refractivity contribution < 1.29 is 13.2 Å². The SMILES string of the molecule is CN(CC(C)(C)CN)C(=O)C1=CN2CCS(=O)(=O)N=C2C=C1. The molecule has 2 aliphatic rings. The van der Waals surface area contributed by atoms with Crippen LogP contribution in [0.2, 0.25) is 0 Å². The van der Waals surface area contributed by atoms with Crippen molar-refractivity contribution in [3.05, 3.63) is 23.9 Å². The summed E-state index contributed by atoms with van der Waals surface area (Å²) in [6.45, 7) is 5.34. The number of hydrogen-bond donors (Lipinski definition) is 1. The summed E-state index contributed by atoms with van der Waals surface area (Å²) >= 11 is 0. The van der Waals surface area contributed by atoms with Crippen LogP contribution in [0.5, 0.6) is 0 Å². The van der Waals surface area contributed by atoms with Gasteiger partial charge in [0.2, 0.25) is 0 Å². The van der Waals surface area contributed by atoms with Crippen molar-refractivity contribution in [2.45, 2.75) is 13.8 Å². The fourth-order valence-corrected chi connectivity index (χ4v) is 3.30. The van der Waals surface area contributed by atoms with Gasteiger partial charge in [-0.15, -0.1) is 4.40 Å². The maximum Gasteiger partial charge on any atom is 0.256 e. The summed E-state index contributed by atoms with van der Waals surface area (Å²) < 4.78 is 26.6. The van der Waals surface area contributed by atoms with Crippen LogP contribution in [0, 0.1) is 5.41 Å². The van der Waals surface area contributed by atoms with Gasteiger partial charge < -0.3 is 15.5 Å².